The molecule has 0 unspecified atom stereocenters. The van der Waals surface area contributed by atoms with E-state index in [1.807, 2.05) is 19.9 Å². The number of hydrogen-bond acceptors (Lipinski definition) is 5. The van der Waals surface area contributed by atoms with Crippen molar-refractivity contribution >= 4 is 21.5 Å². The maximum Gasteiger partial charge on any atom is 0.282 e. The van der Waals surface area contributed by atoms with E-state index in [1.54, 1.807) is 25.2 Å². The average molecular weight is 292 g/mol. The normalized spacial score (nSPS) is 11.2. The van der Waals surface area contributed by atoms with E-state index in [4.69, 9.17) is 0 Å². The molecular weight excluding hydrogens is 276 g/mol. The van der Waals surface area contributed by atoms with E-state index in [9.17, 15) is 8.42 Å². The summed E-state index contributed by atoms with van der Waals surface area (Å²) < 4.78 is 27.2. The van der Waals surface area contributed by atoms with Crippen LogP contribution in [0, 0.1) is 13.8 Å². The van der Waals surface area contributed by atoms with Crippen molar-refractivity contribution in [3.8, 4) is 0 Å². The Hall–Kier alpha value is -2.15. The number of anilines is 2. The van der Waals surface area contributed by atoms with Crippen molar-refractivity contribution in [2.45, 2.75) is 18.9 Å². The van der Waals surface area contributed by atoms with Crippen molar-refractivity contribution in [1.82, 2.24) is 9.97 Å². The zero-order valence-electron chi connectivity index (χ0n) is 11.5. The minimum Gasteiger partial charge on any atom is -0.386 e. The lowest BCUT2D eigenvalue weighted by atomic mass is 10.2. The van der Waals surface area contributed by atoms with Crippen LogP contribution in [0.25, 0.3) is 0 Å². The van der Waals surface area contributed by atoms with Gasteiger partial charge in [-0.1, -0.05) is 0 Å². The highest BCUT2D eigenvalue weighted by molar-refractivity contribution is 7.92. The summed E-state index contributed by atoms with van der Waals surface area (Å²) in [6.45, 7) is 3.69. The van der Waals surface area contributed by atoms with Crippen molar-refractivity contribution in [1.29, 1.82) is 0 Å². The summed E-state index contributed by atoms with van der Waals surface area (Å²) in [6.07, 6.45) is 1.43. The van der Waals surface area contributed by atoms with Crippen LogP contribution in [0.5, 0.6) is 0 Å². The molecule has 0 fully saturated rings. The summed E-state index contributed by atoms with van der Waals surface area (Å²) >= 11 is 0. The number of pyridine rings is 2. The minimum absolute atomic E-state index is 0.0524. The highest BCUT2D eigenvalue weighted by atomic mass is 32.2. The fourth-order valence-electron chi connectivity index (χ4n) is 1.87. The molecule has 0 spiro atoms. The van der Waals surface area contributed by atoms with E-state index in [2.05, 4.69) is 20.0 Å². The van der Waals surface area contributed by atoms with Crippen molar-refractivity contribution in [2.24, 2.45) is 0 Å². The van der Waals surface area contributed by atoms with Gasteiger partial charge in [-0.15, -0.1) is 0 Å². The van der Waals surface area contributed by atoms with Crippen molar-refractivity contribution < 1.29 is 8.42 Å². The molecule has 7 heteroatoms. The first kappa shape index (κ1) is 14.3. The fourth-order valence-corrected chi connectivity index (χ4v) is 3.01. The molecule has 0 saturated carbocycles. The van der Waals surface area contributed by atoms with Crippen LogP contribution >= 0.6 is 0 Å². The maximum absolute atomic E-state index is 12.4. The lowest BCUT2D eigenvalue weighted by Gasteiger charge is -2.11. The lowest BCUT2D eigenvalue weighted by Crippen LogP contribution is -2.17. The first-order valence-electron chi connectivity index (χ1n) is 6.03. The summed E-state index contributed by atoms with van der Waals surface area (Å²) in [7, 11) is -2.13. The second-order valence-corrected chi connectivity index (χ2v) is 5.98. The molecule has 0 atom stereocenters. The summed E-state index contributed by atoms with van der Waals surface area (Å²) in [5.41, 5.74) is 2.12. The monoisotopic (exact) mass is 292 g/mol. The Balaban J connectivity index is 2.41. The van der Waals surface area contributed by atoms with Crippen LogP contribution in [-0.4, -0.2) is 25.4 Å². The Labute approximate surface area is 118 Å². The molecule has 0 aromatic carbocycles. The Morgan fingerprint density at radius 1 is 1.20 bits per heavy atom. The molecule has 2 N–H and O–H groups in total. The third-order valence-electron chi connectivity index (χ3n) is 2.63. The molecule has 2 rings (SSSR count). The number of aryl methyl sites for hydroxylation is 2. The zero-order valence-corrected chi connectivity index (χ0v) is 12.3. The number of aromatic nitrogens is 2. The van der Waals surface area contributed by atoms with Gasteiger partial charge in [-0.25, -0.2) is 9.97 Å². The molecule has 2 heterocycles. The van der Waals surface area contributed by atoms with Gasteiger partial charge in [0.1, 0.15) is 5.82 Å². The standard InChI is InChI=1S/C13H16N4O2S/c1-9-7-10(2)16-12(8-9)17-20(18,19)13-11(14-3)5-4-6-15-13/h4-8,14H,1-3H3,(H,16,17). The van der Waals surface area contributed by atoms with Crippen LogP contribution in [0.3, 0.4) is 0 Å². The number of nitrogens with zero attached hydrogens (tertiary/aromatic N) is 2. The van der Waals surface area contributed by atoms with E-state index < -0.39 is 10.0 Å². The van der Waals surface area contributed by atoms with Crippen LogP contribution in [0.4, 0.5) is 11.5 Å². The van der Waals surface area contributed by atoms with Crippen molar-refractivity contribution in [3.63, 3.8) is 0 Å². The van der Waals surface area contributed by atoms with Crippen LogP contribution in [0.1, 0.15) is 11.3 Å². The van der Waals surface area contributed by atoms with Crippen LogP contribution in [-0.2, 0) is 10.0 Å². The van der Waals surface area contributed by atoms with Crippen molar-refractivity contribution in [3.05, 3.63) is 41.7 Å². The molecule has 2 aromatic rings. The second-order valence-electron chi connectivity index (χ2n) is 4.38. The Morgan fingerprint density at radius 2 is 1.95 bits per heavy atom. The van der Waals surface area contributed by atoms with Gasteiger partial charge >= 0.3 is 0 Å². The van der Waals surface area contributed by atoms with Crippen LogP contribution in [0.2, 0.25) is 0 Å². The molecule has 106 valence electrons. The van der Waals surface area contributed by atoms with Gasteiger partial charge in [-0.3, -0.25) is 4.72 Å². The molecule has 0 radical (unpaired) electrons. The molecule has 0 aliphatic rings. The fraction of sp³-hybridized carbons (Fsp3) is 0.231. The Morgan fingerprint density at radius 3 is 2.60 bits per heavy atom. The molecule has 20 heavy (non-hydrogen) atoms. The van der Waals surface area contributed by atoms with Gasteiger partial charge in [-0.2, -0.15) is 8.42 Å². The first-order chi connectivity index (χ1) is 9.42. The Bertz CT molecular complexity index is 709. The largest absolute Gasteiger partial charge is 0.386 e. The zero-order chi connectivity index (χ0) is 14.8. The van der Waals surface area contributed by atoms with Gasteiger partial charge in [0.25, 0.3) is 10.0 Å². The molecule has 0 bridgehead atoms. The van der Waals surface area contributed by atoms with Gasteiger partial charge in [0, 0.05) is 18.9 Å². The van der Waals surface area contributed by atoms with Gasteiger partial charge in [0.2, 0.25) is 0 Å². The number of hydrogen-bond donors (Lipinski definition) is 2. The highest BCUT2D eigenvalue weighted by Crippen LogP contribution is 2.20. The summed E-state index contributed by atoms with van der Waals surface area (Å²) in [5.74, 6) is 0.287. The molecule has 0 amide bonds. The van der Waals surface area contributed by atoms with Gasteiger partial charge < -0.3 is 5.32 Å². The van der Waals surface area contributed by atoms with Gasteiger partial charge in [0.15, 0.2) is 5.03 Å². The smallest absolute Gasteiger partial charge is 0.282 e. The summed E-state index contributed by atoms with van der Waals surface area (Å²) in [5, 5.41) is 2.76. The molecule has 0 saturated heterocycles. The SMILES string of the molecule is CNc1cccnc1S(=O)(=O)Nc1cc(C)cc(C)n1. The highest BCUT2D eigenvalue weighted by Gasteiger charge is 2.20. The summed E-state index contributed by atoms with van der Waals surface area (Å²) in [6, 6.07) is 6.86. The maximum atomic E-state index is 12.4. The van der Waals surface area contributed by atoms with Crippen LogP contribution < -0.4 is 10.0 Å². The Kier molecular flexibility index (Phi) is 3.89. The van der Waals surface area contributed by atoms with Gasteiger partial charge in [-0.05, 0) is 43.7 Å². The molecular formula is C13H16N4O2S. The molecule has 6 nitrogen and oxygen atoms in total. The predicted octanol–water partition coefficient (Wildman–Crippen LogP) is 1.94. The van der Waals surface area contributed by atoms with Crippen molar-refractivity contribution in [2.75, 3.05) is 17.1 Å². The third-order valence-corrected chi connectivity index (χ3v) is 3.94. The number of rotatable bonds is 4. The molecule has 0 aliphatic carbocycles. The third kappa shape index (κ3) is 3.05. The van der Waals surface area contributed by atoms with E-state index in [0.29, 0.717) is 5.69 Å². The summed E-state index contributed by atoms with van der Waals surface area (Å²) in [4.78, 5) is 8.08. The molecule has 2 aromatic heterocycles. The van der Waals surface area contributed by atoms with E-state index in [1.165, 1.54) is 6.20 Å². The topological polar surface area (TPSA) is 84.0 Å². The predicted molar refractivity (Wildman–Crippen MR) is 78.3 cm³/mol. The van der Waals surface area contributed by atoms with E-state index in [0.717, 1.165) is 11.3 Å². The first-order valence-corrected chi connectivity index (χ1v) is 7.51. The number of nitrogens with one attached hydrogen (secondary N) is 2. The lowest BCUT2D eigenvalue weighted by molar-refractivity contribution is 0.598. The van der Waals surface area contributed by atoms with E-state index in [-0.39, 0.29) is 10.8 Å². The van der Waals surface area contributed by atoms with Gasteiger partial charge in [0.05, 0.1) is 5.69 Å². The van der Waals surface area contributed by atoms with E-state index >= 15 is 0 Å². The second kappa shape index (κ2) is 5.46. The van der Waals surface area contributed by atoms with Crippen LogP contribution in [0.15, 0.2) is 35.5 Å². The average Bonchev–Trinajstić information content (AvgIpc) is 2.36. The minimum atomic E-state index is -3.78. The number of sulfonamides is 1. The molecule has 0 aliphatic heterocycles. The quantitative estimate of drug-likeness (QED) is 0.899.